The van der Waals surface area contributed by atoms with Crippen LogP contribution in [0, 0.1) is 5.92 Å². The number of aromatic nitrogens is 3. The van der Waals surface area contributed by atoms with Crippen LogP contribution in [0.2, 0.25) is 0 Å². The maximum atomic E-state index is 12.5. The van der Waals surface area contributed by atoms with Crippen molar-refractivity contribution in [2.45, 2.75) is 25.8 Å². The summed E-state index contributed by atoms with van der Waals surface area (Å²) in [6.07, 6.45) is 3.57. The van der Waals surface area contributed by atoms with E-state index >= 15 is 0 Å². The molecule has 1 fully saturated rings. The van der Waals surface area contributed by atoms with Gasteiger partial charge in [0.15, 0.2) is 0 Å². The summed E-state index contributed by atoms with van der Waals surface area (Å²) in [5.41, 5.74) is 2.57. The van der Waals surface area contributed by atoms with Crippen molar-refractivity contribution in [2.24, 2.45) is 5.92 Å². The van der Waals surface area contributed by atoms with Gasteiger partial charge in [-0.1, -0.05) is 31.5 Å². The Morgan fingerprint density at radius 2 is 2.17 bits per heavy atom. The number of hydrogen-bond acceptors (Lipinski definition) is 5. The molecule has 1 amide bonds. The van der Waals surface area contributed by atoms with E-state index in [1.807, 2.05) is 31.3 Å². The summed E-state index contributed by atoms with van der Waals surface area (Å²) < 4.78 is 5.52. The van der Waals surface area contributed by atoms with Crippen molar-refractivity contribution in [2.75, 3.05) is 27.2 Å². The lowest BCUT2D eigenvalue weighted by molar-refractivity contribution is -0.130. The molecule has 7 nitrogen and oxygen atoms in total. The lowest BCUT2D eigenvalue weighted by atomic mass is 9.99. The molecule has 1 atom stereocenters. The number of aromatic amines is 1. The molecule has 2 N–H and O–H groups in total. The highest BCUT2D eigenvalue weighted by molar-refractivity contribution is 5.85. The van der Waals surface area contributed by atoms with Crippen LogP contribution >= 0.6 is 0 Å². The molecule has 1 saturated heterocycles. The molecule has 0 unspecified atom stereocenters. The van der Waals surface area contributed by atoms with Crippen molar-refractivity contribution < 1.29 is 9.53 Å². The summed E-state index contributed by atoms with van der Waals surface area (Å²) in [5.74, 6) is 1.48. The SMILES string of the molecule is CCC[C@H](NC(=O)C1CN(C)C1)c1ncc(-c2cc3ccccc3nc2OC)[nH]1. The van der Waals surface area contributed by atoms with Gasteiger partial charge in [0.2, 0.25) is 11.8 Å². The third-order valence-electron chi connectivity index (χ3n) is 5.43. The van der Waals surface area contributed by atoms with Crippen LogP contribution in [0.15, 0.2) is 36.5 Å². The van der Waals surface area contributed by atoms with Crippen molar-refractivity contribution in [3.63, 3.8) is 0 Å². The van der Waals surface area contributed by atoms with Crippen LogP contribution in [-0.2, 0) is 4.79 Å². The zero-order valence-electron chi connectivity index (χ0n) is 17.1. The van der Waals surface area contributed by atoms with Crippen LogP contribution in [0.25, 0.3) is 22.2 Å². The van der Waals surface area contributed by atoms with E-state index in [0.717, 1.165) is 53.9 Å². The number of carbonyl (C=O) groups is 1. The second-order valence-corrected chi connectivity index (χ2v) is 7.69. The van der Waals surface area contributed by atoms with Crippen molar-refractivity contribution in [1.29, 1.82) is 0 Å². The van der Waals surface area contributed by atoms with Crippen molar-refractivity contribution >= 4 is 16.8 Å². The Balaban J connectivity index is 1.60. The maximum absolute atomic E-state index is 12.5. The van der Waals surface area contributed by atoms with Gasteiger partial charge in [-0.05, 0) is 25.6 Å². The minimum atomic E-state index is -0.133. The molecular weight excluding hydrogens is 366 g/mol. The topological polar surface area (TPSA) is 83.1 Å². The number of amides is 1. The highest BCUT2D eigenvalue weighted by Gasteiger charge is 2.31. The van der Waals surface area contributed by atoms with Crippen LogP contribution in [0.4, 0.5) is 0 Å². The molecule has 29 heavy (non-hydrogen) atoms. The summed E-state index contributed by atoms with van der Waals surface area (Å²) in [6.45, 7) is 3.73. The number of imidazole rings is 1. The molecule has 0 bridgehead atoms. The van der Waals surface area contributed by atoms with Gasteiger partial charge in [-0.2, -0.15) is 0 Å². The molecule has 7 heteroatoms. The van der Waals surface area contributed by atoms with Gasteiger partial charge in [0.25, 0.3) is 0 Å². The van der Waals surface area contributed by atoms with E-state index in [1.54, 1.807) is 13.3 Å². The number of methoxy groups -OCH3 is 1. The van der Waals surface area contributed by atoms with E-state index < -0.39 is 0 Å². The predicted molar refractivity (Wildman–Crippen MR) is 113 cm³/mol. The number of ether oxygens (including phenoxy) is 1. The summed E-state index contributed by atoms with van der Waals surface area (Å²) in [4.78, 5) is 27.3. The van der Waals surface area contributed by atoms with E-state index in [2.05, 4.69) is 38.2 Å². The van der Waals surface area contributed by atoms with Gasteiger partial charge in [-0.15, -0.1) is 0 Å². The van der Waals surface area contributed by atoms with Crippen LogP contribution in [0.5, 0.6) is 5.88 Å². The molecule has 0 saturated carbocycles. The van der Waals surface area contributed by atoms with Gasteiger partial charge in [-0.25, -0.2) is 9.97 Å². The Bertz CT molecular complexity index is 1010. The number of pyridine rings is 1. The van der Waals surface area contributed by atoms with Crippen LogP contribution in [-0.4, -0.2) is 53.0 Å². The Morgan fingerprint density at radius 1 is 1.38 bits per heavy atom. The zero-order chi connectivity index (χ0) is 20.4. The van der Waals surface area contributed by atoms with Gasteiger partial charge in [0, 0.05) is 18.5 Å². The molecule has 3 heterocycles. The third kappa shape index (κ3) is 3.96. The fourth-order valence-corrected chi connectivity index (χ4v) is 3.82. The molecule has 4 rings (SSSR count). The van der Waals surface area contributed by atoms with Crippen LogP contribution < -0.4 is 10.1 Å². The molecule has 0 spiro atoms. The average molecular weight is 393 g/mol. The molecule has 0 aliphatic carbocycles. The lowest BCUT2D eigenvalue weighted by Gasteiger charge is -2.35. The van der Waals surface area contributed by atoms with Gasteiger partial charge < -0.3 is 19.9 Å². The first-order valence-electron chi connectivity index (χ1n) is 10.1. The molecule has 2 aromatic heterocycles. The first kappa shape index (κ1) is 19.4. The van der Waals surface area contributed by atoms with E-state index in [0.29, 0.717) is 5.88 Å². The Morgan fingerprint density at radius 3 is 2.90 bits per heavy atom. The number of rotatable bonds is 7. The first-order chi connectivity index (χ1) is 14.1. The Kier molecular flexibility index (Phi) is 5.49. The normalized spacial score (nSPS) is 15.8. The van der Waals surface area contributed by atoms with Crippen LogP contribution in [0.1, 0.15) is 31.6 Å². The summed E-state index contributed by atoms with van der Waals surface area (Å²) in [6, 6.07) is 9.86. The quantitative estimate of drug-likeness (QED) is 0.644. The van der Waals surface area contributed by atoms with Gasteiger partial charge >= 0.3 is 0 Å². The minimum absolute atomic E-state index is 0.0681. The monoisotopic (exact) mass is 393 g/mol. The summed E-state index contributed by atoms with van der Waals surface area (Å²) in [7, 11) is 3.64. The standard InChI is InChI=1S/C22H27N5O2/c1-4-7-18(25-21(28)15-12-27(2)13-15)20-23-11-19(24-20)16-10-14-8-5-6-9-17(14)26-22(16)29-3/h5-6,8-11,15,18H,4,7,12-13H2,1-3H3,(H,23,24)(H,25,28)/t18-/m0/s1. The Labute approximate surface area is 170 Å². The molecular formula is C22H27N5O2. The molecule has 152 valence electrons. The van der Waals surface area contributed by atoms with Crippen molar-refractivity contribution in [3.05, 3.63) is 42.4 Å². The smallest absolute Gasteiger partial charge is 0.226 e. The highest BCUT2D eigenvalue weighted by Crippen LogP contribution is 2.31. The summed E-state index contributed by atoms with van der Waals surface area (Å²) in [5, 5.41) is 4.21. The maximum Gasteiger partial charge on any atom is 0.226 e. The van der Waals surface area contributed by atoms with Crippen LogP contribution in [0.3, 0.4) is 0 Å². The number of para-hydroxylation sites is 1. The van der Waals surface area contributed by atoms with E-state index in [9.17, 15) is 4.79 Å². The second-order valence-electron chi connectivity index (χ2n) is 7.69. The van der Waals surface area contributed by atoms with Gasteiger partial charge in [-0.3, -0.25) is 4.79 Å². The number of hydrogen-bond donors (Lipinski definition) is 2. The fourth-order valence-electron chi connectivity index (χ4n) is 3.82. The number of nitrogens with zero attached hydrogens (tertiary/aromatic N) is 3. The second kappa shape index (κ2) is 8.21. The first-order valence-corrected chi connectivity index (χ1v) is 10.1. The Hall–Kier alpha value is -2.93. The minimum Gasteiger partial charge on any atom is -0.480 e. The lowest BCUT2D eigenvalue weighted by Crippen LogP contribution is -2.52. The highest BCUT2D eigenvalue weighted by atomic mass is 16.5. The van der Waals surface area contributed by atoms with E-state index in [-0.39, 0.29) is 17.9 Å². The molecule has 0 radical (unpaired) electrons. The molecule has 1 aliphatic heterocycles. The average Bonchev–Trinajstić information content (AvgIpc) is 3.20. The molecule has 1 aromatic carbocycles. The van der Waals surface area contributed by atoms with Gasteiger partial charge in [0.1, 0.15) is 5.82 Å². The van der Waals surface area contributed by atoms with E-state index in [1.165, 1.54) is 0 Å². The third-order valence-corrected chi connectivity index (χ3v) is 5.43. The summed E-state index contributed by atoms with van der Waals surface area (Å²) >= 11 is 0. The van der Waals surface area contributed by atoms with Crippen molar-refractivity contribution in [3.8, 4) is 17.1 Å². The predicted octanol–water partition coefficient (Wildman–Crippen LogP) is 3.15. The van der Waals surface area contributed by atoms with Crippen molar-refractivity contribution in [1.82, 2.24) is 25.2 Å². The molecule has 3 aromatic rings. The van der Waals surface area contributed by atoms with Gasteiger partial charge in [0.05, 0.1) is 42.0 Å². The zero-order valence-corrected chi connectivity index (χ0v) is 17.1. The largest absolute Gasteiger partial charge is 0.480 e. The number of nitrogens with one attached hydrogen (secondary N) is 2. The fraction of sp³-hybridized carbons (Fsp3) is 0.409. The number of benzene rings is 1. The molecule has 1 aliphatic rings. The van der Waals surface area contributed by atoms with E-state index in [4.69, 9.17) is 4.74 Å². The number of fused-ring (bicyclic) bond motifs is 1. The number of likely N-dealkylation sites (tertiary alicyclic amines) is 1. The number of H-pyrrole nitrogens is 1. The number of carbonyl (C=O) groups excluding carboxylic acids is 1.